The van der Waals surface area contributed by atoms with E-state index < -0.39 is 0 Å². The molecule has 86 valence electrons. The second kappa shape index (κ2) is 4.23. The fourth-order valence-corrected chi connectivity index (χ4v) is 2.31. The Kier molecular flexibility index (Phi) is 3.09. The lowest BCUT2D eigenvalue weighted by Gasteiger charge is -2.38. The van der Waals surface area contributed by atoms with Crippen molar-refractivity contribution in [2.24, 2.45) is 0 Å². The summed E-state index contributed by atoms with van der Waals surface area (Å²) in [5.41, 5.74) is 2.25. The van der Waals surface area contributed by atoms with Gasteiger partial charge >= 0.3 is 7.12 Å². The van der Waals surface area contributed by atoms with Crippen LogP contribution in [-0.4, -0.2) is 18.8 Å². The molecular formula is C13H19BO2. The second-order valence-corrected chi connectivity index (χ2v) is 5.22. The Bertz CT molecular complexity index is 376. The molecule has 0 spiro atoms. The molecule has 1 fully saturated rings. The van der Waals surface area contributed by atoms with Gasteiger partial charge in [0, 0.05) is 6.10 Å². The van der Waals surface area contributed by atoms with E-state index in [1.54, 1.807) is 0 Å². The maximum Gasteiger partial charge on any atom is 0.494 e. The molecule has 0 bridgehead atoms. The van der Waals surface area contributed by atoms with Crippen molar-refractivity contribution in [1.82, 2.24) is 0 Å². The van der Waals surface area contributed by atoms with E-state index in [-0.39, 0.29) is 18.8 Å². The number of hydrogen-bond donors (Lipinski definition) is 0. The predicted octanol–water partition coefficient (Wildman–Crippen LogP) is 2.29. The lowest BCUT2D eigenvalue weighted by Crippen LogP contribution is -2.52. The molecule has 3 heteroatoms. The summed E-state index contributed by atoms with van der Waals surface area (Å²) in [6, 6.07) is 8.24. The Morgan fingerprint density at radius 2 is 2.00 bits per heavy atom. The number of aryl methyl sites for hydroxylation is 1. The van der Waals surface area contributed by atoms with E-state index in [0.29, 0.717) is 0 Å². The molecule has 1 aromatic carbocycles. The first kappa shape index (κ1) is 11.7. The molecule has 2 nitrogen and oxygen atoms in total. The predicted molar refractivity (Wildman–Crippen MR) is 66.9 cm³/mol. The van der Waals surface area contributed by atoms with Gasteiger partial charge in [-0.25, -0.2) is 0 Å². The van der Waals surface area contributed by atoms with Crippen LogP contribution in [0, 0.1) is 6.92 Å². The first-order valence-electron chi connectivity index (χ1n) is 5.87. The first-order valence-corrected chi connectivity index (χ1v) is 5.87. The third kappa shape index (κ3) is 2.47. The van der Waals surface area contributed by atoms with Crippen LogP contribution in [0.25, 0.3) is 0 Å². The minimum Gasteiger partial charge on any atom is -0.405 e. The summed E-state index contributed by atoms with van der Waals surface area (Å²) in [5.74, 6) is 0. The van der Waals surface area contributed by atoms with Crippen molar-refractivity contribution in [2.45, 2.75) is 45.8 Å². The van der Waals surface area contributed by atoms with Gasteiger partial charge in [-0.05, 0) is 39.6 Å². The van der Waals surface area contributed by atoms with E-state index in [1.165, 1.54) is 5.56 Å². The van der Waals surface area contributed by atoms with Crippen LogP contribution in [0.15, 0.2) is 24.3 Å². The molecular weight excluding hydrogens is 199 g/mol. The SMILES string of the molecule is Cc1ccccc1B1O[C@@H](C)CC(C)(C)O1. The molecule has 0 N–H and O–H groups in total. The zero-order valence-corrected chi connectivity index (χ0v) is 10.5. The first-order chi connectivity index (χ1) is 7.48. The zero-order chi connectivity index (χ0) is 11.8. The van der Waals surface area contributed by atoms with Crippen LogP contribution in [-0.2, 0) is 9.31 Å². The highest BCUT2D eigenvalue weighted by atomic mass is 16.6. The Morgan fingerprint density at radius 3 is 2.62 bits per heavy atom. The molecule has 0 aliphatic carbocycles. The fourth-order valence-electron chi connectivity index (χ4n) is 2.31. The standard InChI is InChI=1S/C13H19BO2/c1-10-7-5-6-8-12(10)14-15-11(2)9-13(3,4)16-14/h5-8,11H,9H2,1-4H3/t11-/m0/s1. The summed E-state index contributed by atoms with van der Waals surface area (Å²) in [5, 5.41) is 0. The van der Waals surface area contributed by atoms with Crippen LogP contribution in [0.1, 0.15) is 32.8 Å². The minimum absolute atomic E-state index is 0.107. The molecule has 1 aromatic rings. The molecule has 16 heavy (non-hydrogen) atoms. The van der Waals surface area contributed by atoms with Crippen molar-refractivity contribution in [3.63, 3.8) is 0 Å². The molecule has 0 aromatic heterocycles. The summed E-state index contributed by atoms with van der Waals surface area (Å²) in [4.78, 5) is 0. The summed E-state index contributed by atoms with van der Waals surface area (Å²) >= 11 is 0. The van der Waals surface area contributed by atoms with Crippen molar-refractivity contribution in [2.75, 3.05) is 0 Å². The van der Waals surface area contributed by atoms with Crippen LogP contribution in [0.4, 0.5) is 0 Å². The van der Waals surface area contributed by atoms with E-state index in [4.69, 9.17) is 9.31 Å². The van der Waals surface area contributed by atoms with Gasteiger partial charge in [0.25, 0.3) is 0 Å². The van der Waals surface area contributed by atoms with Gasteiger partial charge < -0.3 is 9.31 Å². The highest BCUT2D eigenvalue weighted by molar-refractivity contribution is 6.62. The van der Waals surface area contributed by atoms with Crippen LogP contribution in [0.5, 0.6) is 0 Å². The Morgan fingerprint density at radius 1 is 1.31 bits per heavy atom. The minimum atomic E-state index is -0.222. The van der Waals surface area contributed by atoms with Gasteiger partial charge in [-0.2, -0.15) is 0 Å². The van der Waals surface area contributed by atoms with Crippen molar-refractivity contribution in [3.8, 4) is 0 Å². The molecule has 1 aliphatic heterocycles. The van der Waals surface area contributed by atoms with E-state index in [1.807, 2.05) is 12.1 Å². The summed E-state index contributed by atoms with van der Waals surface area (Å²) in [7, 11) is -0.222. The number of hydrogen-bond acceptors (Lipinski definition) is 2. The van der Waals surface area contributed by atoms with Gasteiger partial charge in [-0.15, -0.1) is 0 Å². The monoisotopic (exact) mass is 218 g/mol. The van der Waals surface area contributed by atoms with Crippen molar-refractivity contribution in [3.05, 3.63) is 29.8 Å². The zero-order valence-electron chi connectivity index (χ0n) is 10.5. The fraction of sp³-hybridized carbons (Fsp3) is 0.538. The molecule has 0 unspecified atom stereocenters. The molecule has 0 amide bonds. The Hall–Kier alpha value is -0.795. The molecule has 1 atom stereocenters. The molecule has 1 aliphatic rings. The topological polar surface area (TPSA) is 18.5 Å². The Labute approximate surface area is 98.1 Å². The van der Waals surface area contributed by atoms with E-state index in [9.17, 15) is 0 Å². The highest BCUT2D eigenvalue weighted by Gasteiger charge is 2.38. The van der Waals surface area contributed by atoms with Crippen LogP contribution < -0.4 is 5.46 Å². The summed E-state index contributed by atoms with van der Waals surface area (Å²) in [6.45, 7) is 8.44. The summed E-state index contributed by atoms with van der Waals surface area (Å²) < 4.78 is 11.9. The number of rotatable bonds is 1. The van der Waals surface area contributed by atoms with Gasteiger partial charge in [-0.1, -0.05) is 29.8 Å². The normalized spacial score (nSPS) is 24.5. The molecule has 0 saturated carbocycles. The van der Waals surface area contributed by atoms with Crippen molar-refractivity contribution in [1.29, 1.82) is 0 Å². The van der Waals surface area contributed by atoms with Crippen LogP contribution >= 0.6 is 0 Å². The van der Waals surface area contributed by atoms with E-state index >= 15 is 0 Å². The van der Waals surface area contributed by atoms with E-state index in [2.05, 4.69) is 39.8 Å². The third-order valence-electron chi connectivity index (χ3n) is 3.00. The maximum atomic E-state index is 5.99. The summed E-state index contributed by atoms with van der Waals surface area (Å²) in [6.07, 6.45) is 1.18. The average Bonchev–Trinajstić information content (AvgIpc) is 2.15. The quantitative estimate of drug-likeness (QED) is 0.673. The van der Waals surface area contributed by atoms with Gasteiger partial charge in [0.15, 0.2) is 0 Å². The number of benzene rings is 1. The van der Waals surface area contributed by atoms with Gasteiger partial charge in [-0.3, -0.25) is 0 Å². The smallest absolute Gasteiger partial charge is 0.405 e. The Balaban J connectivity index is 2.25. The lowest BCUT2D eigenvalue weighted by molar-refractivity contribution is -0.0230. The average molecular weight is 218 g/mol. The third-order valence-corrected chi connectivity index (χ3v) is 3.00. The van der Waals surface area contributed by atoms with Gasteiger partial charge in [0.2, 0.25) is 0 Å². The molecule has 0 radical (unpaired) electrons. The van der Waals surface area contributed by atoms with Crippen molar-refractivity contribution >= 4 is 12.6 Å². The second-order valence-electron chi connectivity index (χ2n) is 5.22. The molecule has 1 saturated heterocycles. The molecule has 2 rings (SSSR count). The maximum absolute atomic E-state index is 5.99. The van der Waals surface area contributed by atoms with E-state index in [0.717, 1.165) is 11.9 Å². The van der Waals surface area contributed by atoms with Crippen LogP contribution in [0.2, 0.25) is 0 Å². The van der Waals surface area contributed by atoms with Gasteiger partial charge in [0.05, 0.1) is 5.60 Å². The highest BCUT2D eigenvalue weighted by Crippen LogP contribution is 2.25. The largest absolute Gasteiger partial charge is 0.494 e. The van der Waals surface area contributed by atoms with Crippen molar-refractivity contribution < 1.29 is 9.31 Å². The lowest BCUT2D eigenvalue weighted by atomic mass is 9.73. The molecule has 1 heterocycles. The van der Waals surface area contributed by atoms with Gasteiger partial charge in [0.1, 0.15) is 0 Å². The van der Waals surface area contributed by atoms with Crippen LogP contribution in [0.3, 0.4) is 0 Å².